The van der Waals surface area contributed by atoms with Crippen LogP contribution in [0.15, 0.2) is 54.6 Å². The molecule has 5 nitrogen and oxygen atoms in total. The van der Waals surface area contributed by atoms with Gasteiger partial charge in [-0.05, 0) is 24.6 Å². The van der Waals surface area contributed by atoms with Gasteiger partial charge in [0.15, 0.2) is 6.61 Å². The first-order valence-electron chi connectivity index (χ1n) is 8.68. The van der Waals surface area contributed by atoms with Gasteiger partial charge in [-0.25, -0.2) is 9.78 Å². The number of amides is 1. The molecule has 0 fully saturated rings. The van der Waals surface area contributed by atoms with Crippen molar-refractivity contribution in [3.05, 3.63) is 65.2 Å². The zero-order valence-corrected chi connectivity index (χ0v) is 15.6. The molecule has 0 aliphatic rings. The first kappa shape index (κ1) is 18.9. The molecule has 0 bridgehead atoms. The molecule has 0 saturated carbocycles. The predicted octanol–water partition coefficient (Wildman–Crippen LogP) is 4.24. The Morgan fingerprint density at radius 2 is 1.85 bits per heavy atom. The minimum atomic E-state index is -0.575. The molecular formula is C21H19ClN2O3. The van der Waals surface area contributed by atoms with Crippen LogP contribution in [0.1, 0.15) is 23.7 Å². The van der Waals surface area contributed by atoms with Gasteiger partial charge in [-0.1, -0.05) is 54.9 Å². The third kappa shape index (κ3) is 4.44. The highest BCUT2D eigenvalue weighted by molar-refractivity contribution is 6.33. The second kappa shape index (κ2) is 8.64. The van der Waals surface area contributed by atoms with E-state index < -0.39 is 5.97 Å². The van der Waals surface area contributed by atoms with Crippen LogP contribution in [0.5, 0.6) is 0 Å². The highest BCUT2D eigenvalue weighted by Gasteiger charge is 2.17. The SMILES string of the molecule is CCCNC(=O)COC(=O)c1cc(-c2ccccc2Cl)nc2ccccc12. The molecule has 0 unspecified atom stereocenters. The van der Waals surface area contributed by atoms with E-state index in [-0.39, 0.29) is 12.5 Å². The lowest BCUT2D eigenvalue weighted by atomic mass is 10.0. The predicted molar refractivity (Wildman–Crippen MR) is 106 cm³/mol. The van der Waals surface area contributed by atoms with Crippen molar-refractivity contribution in [1.82, 2.24) is 10.3 Å². The van der Waals surface area contributed by atoms with Gasteiger partial charge in [-0.3, -0.25) is 4.79 Å². The quantitative estimate of drug-likeness (QED) is 0.647. The molecule has 1 N–H and O–H groups in total. The number of carbonyl (C=O) groups is 2. The number of aromatic nitrogens is 1. The summed E-state index contributed by atoms with van der Waals surface area (Å²) in [7, 11) is 0. The molecule has 0 aliphatic heterocycles. The third-order valence-corrected chi connectivity index (χ3v) is 4.32. The first-order chi connectivity index (χ1) is 13.1. The fourth-order valence-corrected chi connectivity index (χ4v) is 2.91. The zero-order valence-electron chi connectivity index (χ0n) is 14.9. The molecule has 27 heavy (non-hydrogen) atoms. The fourth-order valence-electron chi connectivity index (χ4n) is 2.68. The smallest absolute Gasteiger partial charge is 0.339 e. The van der Waals surface area contributed by atoms with E-state index in [9.17, 15) is 9.59 Å². The van der Waals surface area contributed by atoms with Crippen LogP contribution in [0.4, 0.5) is 0 Å². The zero-order chi connectivity index (χ0) is 19.2. The van der Waals surface area contributed by atoms with Gasteiger partial charge in [-0.15, -0.1) is 0 Å². The number of hydrogen-bond acceptors (Lipinski definition) is 4. The lowest BCUT2D eigenvalue weighted by Gasteiger charge is -2.11. The Kier molecular flexibility index (Phi) is 6.04. The number of benzene rings is 2. The number of hydrogen-bond donors (Lipinski definition) is 1. The third-order valence-electron chi connectivity index (χ3n) is 3.99. The number of carbonyl (C=O) groups excluding carboxylic acids is 2. The van der Waals surface area contributed by atoms with Gasteiger partial charge in [-0.2, -0.15) is 0 Å². The summed E-state index contributed by atoms with van der Waals surface area (Å²) in [5, 5.41) is 3.87. The van der Waals surface area contributed by atoms with Gasteiger partial charge in [0.05, 0.1) is 16.8 Å². The molecule has 6 heteroatoms. The normalized spacial score (nSPS) is 10.6. The fraction of sp³-hybridized carbons (Fsp3) is 0.190. The molecule has 0 spiro atoms. The minimum absolute atomic E-state index is 0.323. The van der Waals surface area contributed by atoms with E-state index in [1.54, 1.807) is 18.2 Å². The van der Waals surface area contributed by atoms with Gasteiger partial charge in [0.1, 0.15) is 0 Å². The van der Waals surface area contributed by atoms with Crippen LogP contribution in [-0.2, 0) is 9.53 Å². The van der Waals surface area contributed by atoms with Crippen molar-refractivity contribution >= 4 is 34.4 Å². The van der Waals surface area contributed by atoms with E-state index in [4.69, 9.17) is 16.3 Å². The average Bonchev–Trinajstić information content (AvgIpc) is 2.70. The Morgan fingerprint density at radius 3 is 2.63 bits per heavy atom. The second-order valence-corrected chi connectivity index (χ2v) is 6.39. The number of rotatable bonds is 6. The van der Waals surface area contributed by atoms with Crippen molar-refractivity contribution in [3.63, 3.8) is 0 Å². The maximum absolute atomic E-state index is 12.6. The summed E-state index contributed by atoms with van der Waals surface area (Å²) in [5.74, 6) is -0.900. The van der Waals surface area contributed by atoms with Crippen LogP contribution < -0.4 is 5.32 Å². The number of pyridine rings is 1. The van der Waals surface area contributed by atoms with Gasteiger partial charge in [0.25, 0.3) is 5.91 Å². The van der Waals surface area contributed by atoms with Crippen LogP contribution in [-0.4, -0.2) is 30.0 Å². The maximum Gasteiger partial charge on any atom is 0.339 e. The van der Waals surface area contributed by atoms with Crippen LogP contribution in [0.2, 0.25) is 5.02 Å². The number of para-hydroxylation sites is 1. The van der Waals surface area contributed by atoms with Crippen molar-refractivity contribution in [2.45, 2.75) is 13.3 Å². The molecule has 0 aliphatic carbocycles. The molecule has 138 valence electrons. The van der Waals surface area contributed by atoms with E-state index in [0.29, 0.717) is 33.7 Å². The van der Waals surface area contributed by atoms with Crippen LogP contribution >= 0.6 is 11.6 Å². The molecule has 0 saturated heterocycles. The molecule has 3 aromatic rings. The summed E-state index contributed by atoms with van der Waals surface area (Å²) in [6.45, 7) is 2.17. The van der Waals surface area contributed by atoms with Crippen molar-refractivity contribution in [1.29, 1.82) is 0 Å². The Morgan fingerprint density at radius 1 is 1.11 bits per heavy atom. The molecule has 1 aromatic heterocycles. The summed E-state index contributed by atoms with van der Waals surface area (Å²) in [5.41, 5.74) is 2.29. The number of nitrogens with one attached hydrogen (secondary N) is 1. The highest BCUT2D eigenvalue weighted by atomic mass is 35.5. The number of esters is 1. The maximum atomic E-state index is 12.6. The lowest BCUT2D eigenvalue weighted by molar-refractivity contribution is -0.124. The number of nitrogens with zero attached hydrogens (tertiary/aromatic N) is 1. The lowest BCUT2D eigenvalue weighted by Crippen LogP contribution is -2.29. The molecule has 1 amide bonds. The largest absolute Gasteiger partial charge is 0.452 e. The van der Waals surface area contributed by atoms with Crippen LogP contribution in [0, 0.1) is 0 Å². The van der Waals surface area contributed by atoms with Crippen LogP contribution in [0.25, 0.3) is 22.2 Å². The standard InChI is InChI=1S/C21H19ClN2O3/c1-2-11-23-20(25)13-27-21(26)16-12-19(15-8-3-5-9-17(15)22)24-18-10-6-4-7-14(16)18/h3-10,12H,2,11,13H2,1H3,(H,23,25). The summed E-state index contributed by atoms with van der Waals surface area (Å²) in [6.07, 6.45) is 0.815. The van der Waals surface area contributed by atoms with Crippen LogP contribution in [0.3, 0.4) is 0 Å². The number of ether oxygens (including phenoxy) is 1. The average molecular weight is 383 g/mol. The number of fused-ring (bicyclic) bond motifs is 1. The van der Waals surface area contributed by atoms with Crippen molar-refractivity contribution in [2.24, 2.45) is 0 Å². The Bertz CT molecular complexity index is 988. The van der Waals surface area contributed by atoms with E-state index in [1.807, 2.05) is 43.3 Å². The molecular weight excluding hydrogens is 364 g/mol. The van der Waals surface area contributed by atoms with Gasteiger partial charge < -0.3 is 10.1 Å². The molecule has 2 aromatic carbocycles. The van der Waals surface area contributed by atoms with Crippen molar-refractivity contribution in [3.8, 4) is 11.3 Å². The molecule has 0 atom stereocenters. The molecule has 1 heterocycles. The Labute approximate surface area is 162 Å². The highest BCUT2D eigenvalue weighted by Crippen LogP contribution is 2.30. The van der Waals surface area contributed by atoms with Gasteiger partial charge in [0.2, 0.25) is 0 Å². The van der Waals surface area contributed by atoms with E-state index >= 15 is 0 Å². The number of halogens is 1. The van der Waals surface area contributed by atoms with Crippen molar-refractivity contribution < 1.29 is 14.3 Å². The summed E-state index contributed by atoms with van der Waals surface area (Å²) in [6, 6.07) is 16.2. The summed E-state index contributed by atoms with van der Waals surface area (Å²) in [4.78, 5) is 29.0. The van der Waals surface area contributed by atoms with Crippen molar-refractivity contribution in [2.75, 3.05) is 13.2 Å². The minimum Gasteiger partial charge on any atom is -0.452 e. The van der Waals surface area contributed by atoms with Gasteiger partial charge >= 0.3 is 5.97 Å². The monoisotopic (exact) mass is 382 g/mol. The molecule has 0 radical (unpaired) electrons. The Balaban J connectivity index is 1.95. The summed E-state index contributed by atoms with van der Waals surface area (Å²) >= 11 is 6.28. The second-order valence-electron chi connectivity index (χ2n) is 5.98. The molecule has 3 rings (SSSR count). The summed E-state index contributed by atoms with van der Waals surface area (Å²) < 4.78 is 5.20. The Hall–Kier alpha value is -2.92. The van der Waals surface area contributed by atoms with E-state index in [1.165, 1.54) is 0 Å². The van der Waals surface area contributed by atoms with E-state index in [2.05, 4.69) is 10.3 Å². The van der Waals surface area contributed by atoms with E-state index in [0.717, 1.165) is 12.0 Å². The topological polar surface area (TPSA) is 68.3 Å². The van der Waals surface area contributed by atoms with Gasteiger partial charge in [0, 0.05) is 22.5 Å². The first-order valence-corrected chi connectivity index (χ1v) is 9.06.